The highest BCUT2D eigenvalue weighted by molar-refractivity contribution is 6.51. The molecular formula is C14H17BO3. The van der Waals surface area contributed by atoms with E-state index in [1.165, 1.54) is 6.08 Å². The summed E-state index contributed by atoms with van der Waals surface area (Å²) in [6.45, 7) is 5.45. The second-order valence-electron chi connectivity index (χ2n) is 5.24. The third kappa shape index (κ3) is 3.55. The van der Waals surface area contributed by atoms with Crippen LogP contribution in [0.1, 0.15) is 24.2 Å². The van der Waals surface area contributed by atoms with Gasteiger partial charge in [-0.05, 0) is 6.08 Å². The van der Waals surface area contributed by atoms with E-state index in [0.717, 1.165) is 0 Å². The van der Waals surface area contributed by atoms with E-state index in [0.29, 0.717) is 18.8 Å². The van der Waals surface area contributed by atoms with Gasteiger partial charge >= 0.3 is 7.12 Å². The minimum atomic E-state index is -0.411. The lowest BCUT2D eigenvalue weighted by molar-refractivity contribution is 0.0335. The number of carbonyl (C=O) groups excluding carboxylic acids is 1. The average molecular weight is 244 g/mol. The van der Waals surface area contributed by atoms with E-state index < -0.39 is 7.12 Å². The fraction of sp³-hybridized carbons (Fsp3) is 0.357. The second kappa shape index (κ2) is 5.50. The lowest BCUT2D eigenvalue weighted by Crippen LogP contribution is -2.39. The Morgan fingerprint density at radius 1 is 1.22 bits per heavy atom. The highest BCUT2D eigenvalue weighted by atomic mass is 16.6. The molecule has 0 saturated carbocycles. The smallest absolute Gasteiger partial charge is 0.407 e. The summed E-state index contributed by atoms with van der Waals surface area (Å²) in [6.07, 6.45) is 1.51. The fourth-order valence-corrected chi connectivity index (χ4v) is 1.68. The van der Waals surface area contributed by atoms with Crippen LogP contribution in [-0.2, 0) is 9.31 Å². The third-order valence-corrected chi connectivity index (χ3v) is 2.74. The molecule has 0 N–H and O–H groups in total. The molecule has 18 heavy (non-hydrogen) atoms. The van der Waals surface area contributed by atoms with Crippen LogP contribution in [0.3, 0.4) is 0 Å². The molecule has 94 valence electrons. The topological polar surface area (TPSA) is 35.5 Å². The molecule has 0 spiro atoms. The summed E-state index contributed by atoms with van der Waals surface area (Å²) in [6, 6.07) is 9.15. The van der Waals surface area contributed by atoms with Crippen LogP contribution in [0.25, 0.3) is 0 Å². The van der Waals surface area contributed by atoms with Crippen LogP contribution in [0.2, 0.25) is 0 Å². The van der Waals surface area contributed by atoms with E-state index in [9.17, 15) is 4.79 Å². The van der Waals surface area contributed by atoms with Gasteiger partial charge in [-0.25, -0.2) is 0 Å². The summed E-state index contributed by atoms with van der Waals surface area (Å²) < 4.78 is 11.0. The van der Waals surface area contributed by atoms with Gasteiger partial charge < -0.3 is 9.31 Å². The Bertz CT molecular complexity index is 430. The van der Waals surface area contributed by atoms with Crippen molar-refractivity contribution in [2.24, 2.45) is 5.41 Å². The third-order valence-electron chi connectivity index (χ3n) is 2.74. The van der Waals surface area contributed by atoms with Gasteiger partial charge in [-0.15, -0.1) is 0 Å². The van der Waals surface area contributed by atoms with Crippen molar-refractivity contribution in [3.05, 3.63) is 47.9 Å². The molecule has 1 aromatic carbocycles. The Kier molecular flexibility index (Phi) is 3.99. The first-order valence-corrected chi connectivity index (χ1v) is 6.08. The summed E-state index contributed by atoms with van der Waals surface area (Å²) in [4.78, 5) is 11.8. The first kappa shape index (κ1) is 13.1. The number of allylic oxidation sites excluding steroid dienone is 1. The lowest BCUT2D eigenvalue weighted by Gasteiger charge is -2.31. The molecule has 2 rings (SSSR count). The molecule has 1 saturated heterocycles. The van der Waals surface area contributed by atoms with Gasteiger partial charge in [-0.2, -0.15) is 0 Å². The maximum Gasteiger partial charge on any atom is 0.486 e. The van der Waals surface area contributed by atoms with E-state index in [-0.39, 0.29) is 11.2 Å². The molecule has 0 bridgehead atoms. The molecule has 0 amide bonds. The summed E-state index contributed by atoms with van der Waals surface area (Å²) in [5.74, 6) is 1.64. The van der Waals surface area contributed by atoms with Crippen LogP contribution in [0.15, 0.2) is 42.4 Å². The molecule has 1 aliphatic heterocycles. The number of ketones is 1. The Morgan fingerprint density at radius 2 is 1.83 bits per heavy atom. The van der Waals surface area contributed by atoms with Gasteiger partial charge in [0, 0.05) is 24.2 Å². The molecular weight excluding hydrogens is 227 g/mol. The first-order chi connectivity index (χ1) is 8.57. The molecule has 1 heterocycles. The largest absolute Gasteiger partial charge is 0.486 e. The zero-order chi connectivity index (χ0) is 13.0. The van der Waals surface area contributed by atoms with Crippen molar-refractivity contribution in [2.45, 2.75) is 13.8 Å². The summed E-state index contributed by atoms with van der Waals surface area (Å²) >= 11 is 0. The fourth-order valence-electron chi connectivity index (χ4n) is 1.68. The van der Waals surface area contributed by atoms with E-state index >= 15 is 0 Å². The predicted octanol–water partition coefficient (Wildman–Crippen LogP) is 2.53. The minimum absolute atomic E-state index is 0.0346. The zero-order valence-electron chi connectivity index (χ0n) is 10.8. The van der Waals surface area contributed by atoms with Crippen LogP contribution >= 0.6 is 0 Å². The highest BCUT2D eigenvalue weighted by Crippen LogP contribution is 2.21. The molecule has 0 unspecified atom stereocenters. The van der Waals surface area contributed by atoms with Crippen LogP contribution < -0.4 is 0 Å². The predicted molar refractivity (Wildman–Crippen MR) is 71.4 cm³/mol. The molecule has 0 aliphatic carbocycles. The van der Waals surface area contributed by atoms with Crippen molar-refractivity contribution >= 4 is 12.9 Å². The summed E-state index contributed by atoms with van der Waals surface area (Å²) in [5, 5.41) is 0. The van der Waals surface area contributed by atoms with E-state index in [4.69, 9.17) is 9.31 Å². The Hall–Kier alpha value is -1.39. The lowest BCUT2D eigenvalue weighted by atomic mass is 9.83. The summed E-state index contributed by atoms with van der Waals surface area (Å²) in [7, 11) is -0.411. The van der Waals surface area contributed by atoms with Gasteiger partial charge in [-0.3, -0.25) is 4.79 Å². The van der Waals surface area contributed by atoms with Gasteiger partial charge in [0.15, 0.2) is 5.78 Å². The maximum atomic E-state index is 11.8. The Balaban J connectivity index is 1.91. The number of carbonyl (C=O) groups is 1. The van der Waals surface area contributed by atoms with Crippen molar-refractivity contribution in [2.75, 3.05) is 13.2 Å². The van der Waals surface area contributed by atoms with Crippen LogP contribution in [0.4, 0.5) is 0 Å². The van der Waals surface area contributed by atoms with Crippen LogP contribution in [0.5, 0.6) is 0 Å². The number of rotatable bonds is 3. The monoisotopic (exact) mass is 244 g/mol. The minimum Gasteiger partial charge on any atom is -0.407 e. The number of hydrogen-bond acceptors (Lipinski definition) is 3. The molecule has 1 aromatic rings. The van der Waals surface area contributed by atoms with Crippen molar-refractivity contribution in [3.8, 4) is 0 Å². The summed E-state index contributed by atoms with van der Waals surface area (Å²) in [5.41, 5.74) is 0.721. The molecule has 0 radical (unpaired) electrons. The first-order valence-electron chi connectivity index (χ1n) is 6.08. The molecule has 1 fully saturated rings. The van der Waals surface area contributed by atoms with E-state index in [1.807, 2.05) is 18.2 Å². The van der Waals surface area contributed by atoms with Crippen molar-refractivity contribution < 1.29 is 14.1 Å². The van der Waals surface area contributed by atoms with Crippen molar-refractivity contribution in [3.63, 3.8) is 0 Å². The van der Waals surface area contributed by atoms with Gasteiger partial charge in [-0.1, -0.05) is 50.2 Å². The van der Waals surface area contributed by atoms with Crippen molar-refractivity contribution in [1.82, 2.24) is 0 Å². The molecule has 0 atom stereocenters. The van der Waals surface area contributed by atoms with Gasteiger partial charge in [0.25, 0.3) is 0 Å². The Morgan fingerprint density at radius 3 is 2.44 bits per heavy atom. The van der Waals surface area contributed by atoms with Gasteiger partial charge in [0.1, 0.15) is 0 Å². The van der Waals surface area contributed by atoms with E-state index in [1.54, 1.807) is 18.1 Å². The second-order valence-corrected chi connectivity index (χ2v) is 5.24. The standard InChI is InChI=1S/C14H17BO3/c1-14(2)10-17-15(18-11-14)9-8-13(16)12-6-4-3-5-7-12/h3-9H,10-11H2,1-2H3/b9-8+. The number of benzene rings is 1. The van der Waals surface area contributed by atoms with Gasteiger partial charge in [0.05, 0.1) is 0 Å². The molecule has 4 heteroatoms. The zero-order valence-corrected chi connectivity index (χ0v) is 10.8. The van der Waals surface area contributed by atoms with Crippen LogP contribution in [-0.4, -0.2) is 26.1 Å². The highest BCUT2D eigenvalue weighted by Gasteiger charge is 2.30. The SMILES string of the molecule is CC1(C)COB(/C=C/C(=O)c2ccccc2)OC1. The average Bonchev–Trinajstić information content (AvgIpc) is 2.38. The van der Waals surface area contributed by atoms with Crippen LogP contribution in [0, 0.1) is 5.41 Å². The van der Waals surface area contributed by atoms with E-state index in [2.05, 4.69) is 13.8 Å². The maximum absolute atomic E-state index is 11.8. The molecule has 0 aromatic heterocycles. The van der Waals surface area contributed by atoms with Crippen molar-refractivity contribution in [1.29, 1.82) is 0 Å². The number of hydrogen-bond donors (Lipinski definition) is 0. The quantitative estimate of drug-likeness (QED) is 0.465. The molecule has 1 aliphatic rings. The molecule has 3 nitrogen and oxygen atoms in total. The van der Waals surface area contributed by atoms with Gasteiger partial charge in [0.2, 0.25) is 0 Å². The normalized spacial score (nSPS) is 19.1. The Labute approximate surface area is 108 Å².